The van der Waals surface area contributed by atoms with Crippen LogP contribution >= 0.6 is 0 Å². The molecular weight excluding hydrogens is 320 g/mol. The van der Waals surface area contributed by atoms with Crippen molar-refractivity contribution < 1.29 is 13.6 Å². The highest BCUT2D eigenvalue weighted by Crippen LogP contribution is 2.22. The summed E-state index contributed by atoms with van der Waals surface area (Å²) in [5.74, 6) is -0.619. The topological polar surface area (TPSA) is 20.3 Å². The first-order chi connectivity index (χ1) is 12.0. The smallest absolute Gasteiger partial charge is 0.187 e. The van der Waals surface area contributed by atoms with Crippen molar-refractivity contribution in [1.82, 2.24) is 4.90 Å². The zero-order chi connectivity index (χ0) is 17.8. The number of hydrogen-bond acceptors (Lipinski definition) is 2. The van der Waals surface area contributed by atoms with Crippen LogP contribution in [0.2, 0.25) is 0 Å². The molecule has 0 aliphatic carbocycles. The number of hydrogen-bond donors (Lipinski definition) is 0. The lowest BCUT2D eigenvalue weighted by atomic mass is 9.94. The maximum atomic E-state index is 13.1. The summed E-state index contributed by atoms with van der Waals surface area (Å²) in [6, 6.07) is 12.2. The van der Waals surface area contributed by atoms with Gasteiger partial charge in [0.2, 0.25) is 0 Å². The first kappa shape index (κ1) is 17.2. The third-order valence-corrected chi connectivity index (χ3v) is 4.24. The van der Waals surface area contributed by atoms with Crippen LogP contribution in [0.15, 0.2) is 59.7 Å². The van der Waals surface area contributed by atoms with E-state index in [0.717, 1.165) is 17.7 Å². The van der Waals surface area contributed by atoms with Crippen molar-refractivity contribution in [2.45, 2.75) is 6.92 Å². The molecular formula is C21H19F2NO. The second-order valence-corrected chi connectivity index (χ2v) is 6.07. The van der Waals surface area contributed by atoms with E-state index in [-0.39, 0.29) is 17.4 Å². The van der Waals surface area contributed by atoms with Gasteiger partial charge >= 0.3 is 0 Å². The summed E-state index contributed by atoms with van der Waals surface area (Å²) >= 11 is 0. The maximum Gasteiger partial charge on any atom is 0.187 e. The molecule has 2 aromatic rings. The van der Waals surface area contributed by atoms with Gasteiger partial charge in [-0.25, -0.2) is 8.78 Å². The Morgan fingerprint density at radius 1 is 0.840 bits per heavy atom. The van der Waals surface area contributed by atoms with E-state index in [1.54, 1.807) is 24.3 Å². The van der Waals surface area contributed by atoms with Gasteiger partial charge in [0.1, 0.15) is 11.6 Å². The summed E-state index contributed by atoms with van der Waals surface area (Å²) in [5.41, 5.74) is 2.94. The van der Waals surface area contributed by atoms with Gasteiger partial charge in [0.25, 0.3) is 0 Å². The number of Topliss-reactive ketones (excluding diaryl/α,β-unsaturated/α-hetero) is 1. The minimum atomic E-state index is -0.302. The van der Waals surface area contributed by atoms with Crippen LogP contribution in [0.4, 0.5) is 8.78 Å². The Balaban J connectivity index is 1.93. The van der Waals surface area contributed by atoms with Gasteiger partial charge in [-0.15, -0.1) is 0 Å². The molecule has 128 valence electrons. The molecule has 0 saturated carbocycles. The molecule has 25 heavy (non-hydrogen) atoms. The van der Waals surface area contributed by atoms with Gasteiger partial charge in [-0.1, -0.05) is 31.2 Å². The fourth-order valence-corrected chi connectivity index (χ4v) is 2.85. The lowest BCUT2D eigenvalue weighted by Gasteiger charge is -2.28. The van der Waals surface area contributed by atoms with Gasteiger partial charge in [-0.3, -0.25) is 9.69 Å². The summed E-state index contributed by atoms with van der Waals surface area (Å²) < 4.78 is 26.1. The average molecular weight is 339 g/mol. The normalized spacial score (nSPS) is 18.9. The number of benzene rings is 2. The molecule has 0 radical (unpaired) electrons. The van der Waals surface area contributed by atoms with E-state index >= 15 is 0 Å². The van der Waals surface area contributed by atoms with Crippen LogP contribution in [-0.4, -0.2) is 30.3 Å². The molecule has 2 aromatic carbocycles. The summed E-state index contributed by atoms with van der Waals surface area (Å²) in [6.07, 6.45) is 3.62. The number of nitrogens with zero attached hydrogens (tertiary/aromatic N) is 1. The number of carbonyl (C=O) groups is 1. The third-order valence-electron chi connectivity index (χ3n) is 4.24. The molecule has 0 unspecified atom stereocenters. The SMILES string of the molecule is CCN1CC(=Cc2ccc(F)cc2)C(=O)C(=Cc2ccc(F)cc2)C1. The lowest BCUT2D eigenvalue weighted by molar-refractivity contribution is -0.113. The highest BCUT2D eigenvalue weighted by atomic mass is 19.1. The van der Waals surface area contributed by atoms with Gasteiger partial charge < -0.3 is 0 Å². The fourth-order valence-electron chi connectivity index (χ4n) is 2.85. The number of piperidine rings is 1. The van der Waals surface area contributed by atoms with Crippen molar-refractivity contribution in [1.29, 1.82) is 0 Å². The predicted molar refractivity (Wildman–Crippen MR) is 95.9 cm³/mol. The Kier molecular flexibility index (Phi) is 5.19. The van der Waals surface area contributed by atoms with E-state index in [9.17, 15) is 13.6 Å². The number of carbonyl (C=O) groups excluding carboxylic acids is 1. The zero-order valence-corrected chi connectivity index (χ0v) is 14.0. The van der Waals surface area contributed by atoms with Crippen molar-refractivity contribution >= 4 is 17.9 Å². The molecule has 0 spiro atoms. The van der Waals surface area contributed by atoms with E-state index in [4.69, 9.17) is 0 Å². The van der Waals surface area contributed by atoms with Gasteiger partial charge in [-0.05, 0) is 54.1 Å². The monoisotopic (exact) mass is 339 g/mol. The molecule has 3 rings (SSSR count). The molecule has 1 fully saturated rings. The van der Waals surface area contributed by atoms with Crippen molar-refractivity contribution in [2.24, 2.45) is 0 Å². The first-order valence-corrected chi connectivity index (χ1v) is 8.24. The molecule has 0 N–H and O–H groups in total. The summed E-state index contributed by atoms with van der Waals surface area (Å²) in [6.45, 7) is 3.98. The number of ketones is 1. The van der Waals surface area contributed by atoms with Crippen LogP contribution in [0, 0.1) is 11.6 Å². The van der Waals surface area contributed by atoms with Crippen LogP contribution in [0.1, 0.15) is 18.1 Å². The van der Waals surface area contributed by atoms with E-state index in [1.807, 2.05) is 19.1 Å². The quantitative estimate of drug-likeness (QED) is 0.776. The van der Waals surface area contributed by atoms with Gasteiger partial charge in [0.05, 0.1) is 0 Å². The largest absolute Gasteiger partial charge is 0.295 e. The molecule has 1 aliphatic heterocycles. The molecule has 1 saturated heterocycles. The van der Waals surface area contributed by atoms with E-state index in [0.29, 0.717) is 24.2 Å². The first-order valence-electron chi connectivity index (χ1n) is 8.24. The van der Waals surface area contributed by atoms with Crippen LogP contribution in [0.25, 0.3) is 12.2 Å². The molecule has 0 atom stereocenters. The third kappa shape index (κ3) is 4.28. The highest BCUT2D eigenvalue weighted by Gasteiger charge is 2.25. The van der Waals surface area contributed by atoms with Gasteiger partial charge in [0.15, 0.2) is 5.78 Å². The zero-order valence-electron chi connectivity index (χ0n) is 14.0. The Labute approximate surface area is 146 Å². The summed E-state index contributed by atoms with van der Waals surface area (Å²) in [5, 5.41) is 0. The molecule has 1 aliphatic rings. The average Bonchev–Trinajstić information content (AvgIpc) is 2.62. The van der Waals surface area contributed by atoms with E-state index in [1.165, 1.54) is 24.3 Å². The summed E-state index contributed by atoms with van der Waals surface area (Å²) in [4.78, 5) is 15.0. The van der Waals surface area contributed by atoms with Gasteiger partial charge in [0, 0.05) is 24.2 Å². The molecule has 1 heterocycles. The second-order valence-electron chi connectivity index (χ2n) is 6.07. The molecule has 0 amide bonds. The Morgan fingerprint density at radius 2 is 1.24 bits per heavy atom. The number of halogens is 2. The number of likely N-dealkylation sites (N-methyl/N-ethyl adjacent to an activating group) is 1. The van der Waals surface area contributed by atoms with Crippen molar-refractivity contribution in [3.8, 4) is 0 Å². The van der Waals surface area contributed by atoms with Crippen LogP contribution in [0.5, 0.6) is 0 Å². The Hall–Kier alpha value is -2.59. The van der Waals surface area contributed by atoms with Crippen molar-refractivity contribution in [3.05, 3.63) is 82.4 Å². The standard InChI is InChI=1S/C21H19F2NO/c1-2-24-13-17(11-15-3-7-19(22)8-4-15)21(25)18(14-24)12-16-5-9-20(23)10-6-16/h3-12H,2,13-14H2,1H3. The fraction of sp³-hybridized carbons (Fsp3) is 0.190. The van der Waals surface area contributed by atoms with Crippen LogP contribution < -0.4 is 0 Å². The van der Waals surface area contributed by atoms with Gasteiger partial charge in [-0.2, -0.15) is 0 Å². The molecule has 2 nitrogen and oxygen atoms in total. The Morgan fingerprint density at radius 3 is 1.60 bits per heavy atom. The summed E-state index contributed by atoms with van der Waals surface area (Å²) in [7, 11) is 0. The van der Waals surface area contributed by atoms with Crippen molar-refractivity contribution in [3.63, 3.8) is 0 Å². The molecule has 4 heteroatoms. The second kappa shape index (κ2) is 7.53. The minimum absolute atomic E-state index is 0.0154. The minimum Gasteiger partial charge on any atom is -0.295 e. The maximum absolute atomic E-state index is 13.1. The van der Waals surface area contributed by atoms with E-state index in [2.05, 4.69) is 4.90 Å². The van der Waals surface area contributed by atoms with Crippen molar-refractivity contribution in [2.75, 3.05) is 19.6 Å². The number of rotatable bonds is 3. The van der Waals surface area contributed by atoms with E-state index < -0.39 is 0 Å². The lowest BCUT2D eigenvalue weighted by Crippen LogP contribution is -2.37. The molecule has 0 bridgehead atoms. The van der Waals surface area contributed by atoms with Crippen LogP contribution in [0.3, 0.4) is 0 Å². The molecule has 0 aromatic heterocycles. The Bertz CT molecular complexity index is 752. The predicted octanol–water partition coefficient (Wildman–Crippen LogP) is 4.34. The highest BCUT2D eigenvalue weighted by molar-refractivity contribution is 6.14. The number of likely N-dealkylation sites (tertiary alicyclic amines) is 1. The van der Waals surface area contributed by atoms with Crippen LogP contribution in [-0.2, 0) is 4.79 Å².